The van der Waals surface area contributed by atoms with E-state index in [-0.39, 0.29) is 17.0 Å². The van der Waals surface area contributed by atoms with Crippen LogP contribution in [0.1, 0.15) is 55.7 Å². The molecule has 2 saturated heterocycles. The predicted molar refractivity (Wildman–Crippen MR) is 115 cm³/mol. The van der Waals surface area contributed by atoms with Gasteiger partial charge in [0.15, 0.2) is 9.84 Å². The third-order valence-electron chi connectivity index (χ3n) is 6.86. The quantitative estimate of drug-likeness (QED) is 0.637. The van der Waals surface area contributed by atoms with E-state index in [1.54, 1.807) is 12.4 Å². The van der Waals surface area contributed by atoms with Crippen molar-refractivity contribution in [2.45, 2.75) is 72.9 Å². The first kappa shape index (κ1) is 22.6. The number of alkyl halides is 3. The Bertz CT molecular complexity index is 1100. The van der Waals surface area contributed by atoms with Gasteiger partial charge < -0.3 is 4.74 Å². The summed E-state index contributed by atoms with van der Waals surface area (Å²) in [5.41, 5.74) is 0.0484. The SMILES string of the molecule is O=S(=O)(c1cccc(C(F)(F)F)c1)C1CCCN2C[C@H](Oc3cnc(C4CC4)cn3)C[C@H]2C1. The standard InChI is InChI=1S/C23H26F3N3O3S/c24-23(25,26)16-3-1-4-19(9-16)33(30,31)20-5-2-8-29-14-18(10-17(29)11-20)32-22-13-27-21(12-28-22)15-6-7-15/h1,3-4,9,12-13,15,17-18,20H,2,5-8,10-11,14H2/t17-,18+,20?/m0/s1. The van der Waals surface area contributed by atoms with E-state index in [0.717, 1.165) is 43.3 Å². The van der Waals surface area contributed by atoms with Gasteiger partial charge in [0, 0.05) is 24.9 Å². The first-order valence-electron chi connectivity index (χ1n) is 11.3. The number of halogens is 3. The molecule has 3 fully saturated rings. The number of rotatable bonds is 5. The van der Waals surface area contributed by atoms with Gasteiger partial charge in [-0.3, -0.25) is 9.88 Å². The lowest BCUT2D eigenvalue weighted by atomic mass is 10.1. The molecule has 0 bridgehead atoms. The van der Waals surface area contributed by atoms with E-state index in [1.807, 2.05) is 0 Å². The molecule has 2 aliphatic heterocycles. The molecule has 3 heterocycles. The topological polar surface area (TPSA) is 72.4 Å². The number of benzene rings is 1. The van der Waals surface area contributed by atoms with Crippen molar-refractivity contribution in [1.82, 2.24) is 14.9 Å². The number of hydrogen-bond acceptors (Lipinski definition) is 6. The molecule has 1 saturated carbocycles. The molecule has 1 aromatic carbocycles. The Hall–Kier alpha value is -2.20. The molecule has 0 spiro atoms. The number of ether oxygens (including phenoxy) is 1. The van der Waals surface area contributed by atoms with Crippen LogP contribution in [0, 0.1) is 0 Å². The third kappa shape index (κ3) is 4.87. The van der Waals surface area contributed by atoms with Gasteiger partial charge in [0.25, 0.3) is 0 Å². The van der Waals surface area contributed by atoms with E-state index in [1.165, 1.54) is 6.07 Å². The number of nitrogens with zero attached hydrogens (tertiary/aromatic N) is 3. The fourth-order valence-corrected chi connectivity index (χ4v) is 6.85. The Balaban J connectivity index is 1.27. The maximum absolute atomic E-state index is 13.2. The first-order valence-corrected chi connectivity index (χ1v) is 12.9. The van der Waals surface area contributed by atoms with Crippen LogP contribution in [0.4, 0.5) is 13.2 Å². The second kappa shape index (κ2) is 8.54. The summed E-state index contributed by atoms with van der Waals surface area (Å²) >= 11 is 0. The molecular weight excluding hydrogens is 455 g/mol. The number of fused-ring (bicyclic) bond motifs is 1. The number of hydrogen-bond donors (Lipinski definition) is 0. The lowest BCUT2D eigenvalue weighted by molar-refractivity contribution is -0.137. The van der Waals surface area contributed by atoms with Crippen molar-refractivity contribution in [2.24, 2.45) is 0 Å². The van der Waals surface area contributed by atoms with Gasteiger partial charge in [-0.05, 0) is 56.8 Å². The molecule has 1 aliphatic carbocycles. The van der Waals surface area contributed by atoms with Crippen molar-refractivity contribution in [3.8, 4) is 5.88 Å². The largest absolute Gasteiger partial charge is 0.472 e. The highest BCUT2D eigenvalue weighted by Crippen LogP contribution is 2.39. The second-order valence-corrected chi connectivity index (χ2v) is 11.5. The van der Waals surface area contributed by atoms with Crippen LogP contribution in [0.25, 0.3) is 0 Å². The summed E-state index contributed by atoms with van der Waals surface area (Å²) in [5, 5.41) is -0.715. The van der Waals surface area contributed by atoms with Crippen molar-refractivity contribution in [1.29, 1.82) is 0 Å². The second-order valence-electron chi connectivity index (χ2n) is 9.25. The summed E-state index contributed by atoms with van der Waals surface area (Å²) in [4.78, 5) is 10.8. The van der Waals surface area contributed by atoms with Crippen LogP contribution in [-0.2, 0) is 16.0 Å². The predicted octanol–water partition coefficient (Wildman–Crippen LogP) is 4.22. The van der Waals surface area contributed by atoms with Crippen LogP contribution >= 0.6 is 0 Å². The molecule has 3 atom stereocenters. The minimum atomic E-state index is -4.58. The van der Waals surface area contributed by atoms with Gasteiger partial charge in [-0.2, -0.15) is 13.2 Å². The molecule has 178 valence electrons. The van der Waals surface area contributed by atoms with Crippen molar-refractivity contribution < 1.29 is 26.3 Å². The highest BCUT2D eigenvalue weighted by atomic mass is 32.2. The van der Waals surface area contributed by atoms with E-state index in [0.29, 0.717) is 44.0 Å². The van der Waals surface area contributed by atoms with Crippen LogP contribution in [0.15, 0.2) is 41.6 Å². The molecule has 5 rings (SSSR count). The highest BCUT2D eigenvalue weighted by Gasteiger charge is 2.41. The number of aromatic nitrogens is 2. The molecule has 0 radical (unpaired) electrons. The molecule has 2 aromatic rings. The van der Waals surface area contributed by atoms with E-state index >= 15 is 0 Å². The summed E-state index contributed by atoms with van der Waals surface area (Å²) in [6.45, 7) is 1.42. The molecule has 0 amide bonds. The summed E-state index contributed by atoms with van der Waals surface area (Å²) < 4.78 is 71.8. The molecule has 3 aliphatic rings. The van der Waals surface area contributed by atoms with Crippen molar-refractivity contribution >= 4 is 9.84 Å². The van der Waals surface area contributed by atoms with Crippen LogP contribution in [0.3, 0.4) is 0 Å². The summed E-state index contributed by atoms with van der Waals surface area (Å²) in [6.07, 6.45) is 3.15. The zero-order valence-electron chi connectivity index (χ0n) is 18.0. The smallest absolute Gasteiger partial charge is 0.416 e. The lowest BCUT2D eigenvalue weighted by Crippen LogP contribution is -2.32. The Morgan fingerprint density at radius 2 is 1.88 bits per heavy atom. The van der Waals surface area contributed by atoms with Crippen LogP contribution in [-0.4, -0.2) is 53.8 Å². The Kier molecular flexibility index (Phi) is 5.84. The van der Waals surface area contributed by atoms with Gasteiger partial charge in [-0.25, -0.2) is 13.4 Å². The van der Waals surface area contributed by atoms with Crippen molar-refractivity contribution in [3.05, 3.63) is 47.9 Å². The average molecular weight is 482 g/mol. The van der Waals surface area contributed by atoms with Crippen LogP contribution in [0.2, 0.25) is 0 Å². The van der Waals surface area contributed by atoms with E-state index in [9.17, 15) is 21.6 Å². The minimum absolute atomic E-state index is 0.00164. The fraction of sp³-hybridized carbons (Fsp3) is 0.565. The molecule has 1 unspecified atom stereocenters. The van der Waals surface area contributed by atoms with E-state index < -0.39 is 26.8 Å². The molecule has 10 heteroatoms. The molecule has 1 aromatic heterocycles. The third-order valence-corrected chi connectivity index (χ3v) is 9.07. The maximum Gasteiger partial charge on any atom is 0.416 e. The van der Waals surface area contributed by atoms with Crippen molar-refractivity contribution in [3.63, 3.8) is 0 Å². The summed E-state index contributed by atoms with van der Waals surface area (Å²) in [7, 11) is -3.88. The van der Waals surface area contributed by atoms with E-state index in [2.05, 4.69) is 14.9 Å². The van der Waals surface area contributed by atoms with Gasteiger partial charge in [0.05, 0.1) is 33.8 Å². The van der Waals surface area contributed by atoms with Crippen molar-refractivity contribution in [2.75, 3.05) is 13.1 Å². The summed E-state index contributed by atoms with van der Waals surface area (Å²) in [6, 6.07) is 4.07. The first-order chi connectivity index (χ1) is 15.7. The Morgan fingerprint density at radius 1 is 1.06 bits per heavy atom. The maximum atomic E-state index is 13.2. The molecular formula is C23H26F3N3O3S. The fourth-order valence-electron chi connectivity index (χ4n) is 4.96. The van der Waals surface area contributed by atoms with Gasteiger partial charge >= 0.3 is 6.18 Å². The van der Waals surface area contributed by atoms with Gasteiger partial charge in [-0.1, -0.05) is 6.07 Å². The Labute approximate surface area is 191 Å². The zero-order valence-corrected chi connectivity index (χ0v) is 18.9. The average Bonchev–Trinajstić information content (AvgIpc) is 3.59. The van der Waals surface area contributed by atoms with Crippen LogP contribution < -0.4 is 4.74 Å². The number of sulfone groups is 1. The van der Waals surface area contributed by atoms with Gasteiger partial charge in [0.2, 0.25) is 5.88 Å². The monoisotopic (exact) mass is 481 g/mol. The minimum Gasteiger partial charge on any atom is -0.472 e. The zero-order chi connectivity index (χ0) is 23.2. The molecule has 33 heavy (non-hydrogen) atoms. The highest BCUT2D eigenvalue weighted by molar-refractivity contribution is 7.92. The van der Waals surface area contributed by atoms with Gasteiger partial charge in [0.1, 0.15) is 6.10 Å². The lowest BCUT2D eigenvalue weighted by Gasteiger charge is -2.22. The molecule has 0 N–H and O–H groups in total. The van der Waals surface area contributed by atoms with Crippen LogP contribution in [0.5, 0.6) is 5.88 Å². The van der Waals surface area contributed by atoms with E-state index in [4.69, 9.17) is 4.74 Å². The summed E-state index contributed by atoms with van der Waals surface area (Å²) in [5.74, 6) is 0.988. The Morgan fingerprint density at radius 3 is 2.58 bits per heavy atom. The van der Waals surface area contributed by atoms with Gasteiger partial charge in [-0.15, -0.1) is 0 Å². The normalized spacial score (nSPS) is 26.6. The molecule has 6 nitrogen and oxygen atoms in total.